The standard InChI is InChI=1S/C34H38N10O.C28H33N11.C26H32N8.C14H10N2O2.2CH3I.CH4.H3N/c1-3-23(2)44-31-29(21-38-44)39-33(42-15-17-43(18-16-42)34(37-22-35)45-27-10-5-4-6-11-27)41-32(31)40-30(24-13-14-24)26-19-25-9-7-8-12-28(25)36-20-26;1-3-18(2)39-25-23(16-33-39)34-28(38-12-10-37(11-13-38)27(30)32-17-29)36-26(25)35-24(19-8-9-19)21-14-20-6-4-5-7-22(20)31-15-21;1-3-17(2)34-24-22(16-29-34)30-26(33-12-10-27-11-13-33)32-25(24)31-23(18-8-9-18)20-14-19-6-4-5-7-21(19)28-15-20;15-11-16-14(17-12-7-3-1-4-8-12)18-13-9-5-2-6-10-13;2*1-2;;/h4-12,19-21,23-24,30,34,37H,3,13-18H2,1-2H3,(H,39,40,41);4-7,14-16,18-19,24H,3,8-13H2,1-2H3,(H2,30,32)(H,34,35,36);4-7,14-18,23,27H,3,8-13H2,1-2H3,(H,30,31,32);1-10H;2*1H3;1H4;1H3/t23?,30-,34?;18?,24-;17?,23-;;;;;/m111...../s1. The van der Waals surface area contributed by atoms with Crippen LogP contribution >= 0.6 is 45.2 Å². The highest BCUT2D eigenvalue weighted by Crippen LogP contribution is 2.48. The molecule has 35 nitrogen and oxygen atoms in total. The lowest BCUT2D eigenvalue weighted by molar-refractivity contribution is 0.00715. The van der Waals surface area contributed by atoms with E-state index in [-0.39, 0.29) is 61.9 Å². The van der Waals surface area contributed by atoms with Gasteiger partial charge in [0.15, 0.2) is 23.6 Å². The molecule has 12 heterocycles. The second kappa shape index (κ2) is 50.4. The molecule has 0 radical (unpaired) electrons. The second-order valence-electron chi connectivity index (χ2n) is 35.3. The van der Waals surface area contributed by atoms with Crippen molar-refractivity contribution in [2.45, 2.75) is 149 Å². The van der Waals surface area contributed by atoms with Crippen molar-refractivity contribution in [3.8, 4) is 35.8 Å². The summed E-state index contributed by atoms with van der Waals surface area (Å²) in [5.41, 5.74) is 17.9. The van der Waals surface area contributed by atoms with Crippen LogP contribution in [0.1, 0.15) is 160 Å². The van der Waals surface area contributed by atoms with Crippen molar-refractivity contribution in [2.75, 3.05) is 119 Å². The Bertz CT molecular complexity index is 6780. The number of piperazine rings is 3. The maximum Gasteiger partial charge on any atom is 0.410 e. The van der Waals surface area contributed by atoms with Crippen molar-refractivity contribution in [3.05, 3.63) is 236 Å². The summed E-state index contributed by atoms with van der Waals surface area (Å²) in [6, 6.07) is 60.2. The third kappa shape index (κ3) is 25.6. The minimum atomic E-state index is -0.552. The van der Waals surface area contributed by atoms with Gasteiger partial charge in [0, 0.05) is 131 Å². The summed E-state index contributed by atoms with van der Waals surface area (Å²) in [5, 5.41) is 62.3. The number of hydrogen-bond donors (Lipinski definition) is 7. The number of alkyl halides is 2. The molecule has 6 fully saturated rings. The SMILES string of the molecule is C.CCC(C)n1ncc2nc(N3CCN(C(N)=NC#N)CC3)nc(N[C@@H](c3cnc4ccccc4c3)C3CC3)c21.CCC(C)n1ncc2nc(N3CCN(C(NC#N)Oc4ccccc4)CC3)nc(N[C@@H](c3cnc4ccccc4c3)C3CC3)c21.CCC(C)n1ncc2nc(N3CCNCC3)nc(N[C@@H](c3cnc4ccccc4c3)C3CC3)c21.CI.CI.N.N#CN=C(Oc1ccccc1)Oc1ccccc1. The molecule has 3 aliphatic carbocycles. The molecule has 0 bridgehead atoms. The number of rotatable bonds is 27. The van der Waals surface area contributed by atoms with Crippen LogP contribution in [0.15, 0.2) is 229 Å². The minimum absolute atomic E-state index is 0. The molecular weight excluding hydrogens is 2010 g/mol. The molecule has 0 spiro atoms. The topological polar surface area (TPSA) is 431 Å². The van der Waals surface area contributed by atoms with Crippen LogP contribution in [-0.2, 0) is 0 Å². The molecule has 3 saturated heterocycles. The monoisotopic (exact) mass is 2140 g/mol. The number of aliphatic imine (C=N–C) groups is 2. The van der Waals surface area contributed by atoms with Gasteiger partial charge in [0.2, 0.25) is 42.5 Å². The first-order chi connectivity index (χ1) is 68.7. The Labute approximate surface area is 856 Å². The number of para-hydroxylation sites is 6. The van der Waals surface area contributed by atoms with Crippen LogP contribution in [0, 0.1) is 52.1 Å². The fourth-order valence-electron chi connectivity index (χ4n) is 17.5. The highest BCUT2D eigenvalue weighted by atomic mass is 127. The Morgan fingerprint density at radius 3 is 1.10 bits per heavy atom. The number of halogens is 2. The van der Waals surface area contributed by atoms with Gasteiger partial charge in [0.05, 0.1) is 53.3 Å². The Morgan fingerprint density at radius 1 is 0.430 bits per heavy atom. The van der Waals surface area contributed by atoms with Crippen molar-refractivity contribution in [2.24, 2.45) is 33.5 Å². The molecule has 21 rings (SSSR count). The van der Waals surface area contributed by atoms with Crippen LogP contribution in [0.3, 0.4) is 0 Å². The Balaban J connectivity index is 0.000000153. The highest BCUT2D eigenvalue weighted by Gasteiger charge is 2.39. The Kier molecular flexibility index (Phi) is 36.8. The van der Waals surface area contributed by atoms with Crippen molar-refractivity contribution in [3.63, 3.8) is 0 Å². The minimum Gasteiger partial charge on any atom is -0.457 e. The van der Waals surface area contributed by atoms with Gasteiger partial charge < -0.3 is 67.0 Å². The van der Waals surface area contributed by atoms with E-state index < -0.39 is 6.35 Å². The number of guanidine groups is 1. The lowest BCUT2D eigenvalue weighted by atomic mass is 10.0. The zero-order chi connectivity index (χ0) is 97.4. The molecule has 4 unspecified atom stereocenters. The quantitative estimate of drug-likeness (QED) is 0.00478. The van der Waals surface area contributed by atoms with Gasteiger partial charge in [-0.1, -0.05) is 188 Å². The van der Waals surface area contributed by atoms with Crippen molar-refractivity contribution in [1.82, 2.24) is 101 Å². The summed E-state index contributed by atoms with van der Waals surface area (Å²) < 4.78 is 23.0. The first kappa shape index (κ1) is 104. The molecule has 0 amide bonds. The molecule has 3 aliphatic heterocycles. The van der Waals surface area contributed by atoms with Gasteiger partial charge in [0.25, 0.3) is 0 Å². The number of nitrogens with one attached hydrogen (secondary N) is 5. The summed E-state index contributed by atoms with van der Waals surface area (Å²) in [6.07, 6.45) is 26.4. The predicted molar refractivity (Wildman–Crippen MR) is 582 cm³/mol. The van der Waals surface area contributed by atoms with Gasteiger partial charge in [-0.2, -0.15) is 46.0 Å². The van der Waals surface area contributed by atoms with E-state index in [1.165, 1.54) is 60.6 Å². The van der Waals surface area contributed by atoms with Crippen LogP contribution in [-0.4, -0.2) is 191 Å². The van der Waals surface area contributed by atoms with E-state index in [0.29, 0.717) is 99.3 Å². The van der Waals surface area contributed by atoms with Gasteiger partial charge in [0.1, 0.15) is 50.3 Å². The van der Waals surface area contributed by atoms with Gasteiger partial charge in [-0.25, -0.2) is 19.9 Å². The van der Waals surface area contributed by atoms with Gasteiger partial charge in [-0.05, 0) is 196 Å². The number of fused-ring (bicyclic) bond motifs is 6. The number of hydrogen-bond acceptors (Lipinski definition) is 30. The van der Waals surface area contributed by atoms with Crippen LogP contribution in [0.4, 0.5) is 35.3 Å². The number of ether oxygens (including phenoxy) is 3. The maximum atomic E-state index is 9.40. The molecule has 738 valence electrons. The third-order valence-electron chi connectivity index (χ3n) is 26.0. The number of nitriles is 3. The lowest BCUT2D eigenvalue weighted by Crippen LogP contribution is -2.56. The summed E-state index contributed by atoms with van der Waals surface area (Å²) in [4.78, 5) is 66.3. The molecule has 37 heteroatoms. The van der Waals surface area contributed by atoms with Crippen molar-refractivity contribution < 1.29 is 14.2 Å². The van der Waals surface area contributed by atoms with Crippen LogP contribution in [0.2, 0.25) is 0 Å². The molecule has 6 aromatic carbocycles. The number of nitrogens with two attached hydrogens (primary N) is 1. The normalized spacial score (nSPS) is 16.1. The summed E-state index contributed by atoms with van der Waals surface area (Å²) in [5.74, 6) is 8.29. The van der Waals surface area contributed by atoms with Crippen molar-refractivity contribution >= 4 is 158 Å². The van der Waals surface area contributed by atoms with Gasteiger partial charge >= 0.3 is 6.08 Å². The molecule has 15 aromatic rings. The molecular formula is C105H126I2N32O3. The average molecular weight is 2140 g/mol. The molecule has 10 N–H and O–H groups in total. The van der Waals surface area contributed by atoms with E-state index in [0.717, 1.165) is 129 Å². The summed E-state index contributed by atoms with van der Waals surface area (Å²) >= 11 is 4.30. The molecule has 3 saturated carbocycles. The first-order valence-electron chi connectivity index (χ1n) is 48.1. The van der Waals surface area contributed by atoms with E-state index >= 15 is 0 Å². The predicted octanol–water partition coefficient (Wildman–Crippen LogP) is 19.5. The molecule has 6 aliphatic rings. The highest BCUT2D eigenvalue weighted by molar-refractivity contribution is 14.1. The van der Waals surface area contributed by atoms with E-state index in [1.54, 1.807) is 36.7 Å². The van der Waals surface area contributed by atoms with Crippen LogP contribution in [0.5, 0.6) is 17.2 Å². The summed E-state index contributed by atoms with van der Waals surface area (Å²) in [7, 11) is 0. The fraction of sp³-hybridized carbons (Fsp3) is 0.381. The average Bonchev–Trinajstić information content (AvgIpc) is 1.61. The van der Waals surface area contributed by atoms with E-state index in [4.69, 9.17) is 90.6 Å². The molecule has 9 aromatic heterocycles. The van der Waals surface area contributed by atoms with Crippen LogP contribution in [0.25, 0.3) is 65.8 Å². The molecule has 7 atom stereocenters. The van der Waals surface area contributed by atoms with Gasteiger partial charge in [-0.15, -0.1) is 4.99 Å². The first-order valence-corrected chi connectivity index (χ1v) is 52.4. The van der Waals surface area contributed by atoms with Crippen LogP contribution < -0.4 is 67.4 Å². The number of anilines is 6. The number of nitrogens with zero attached hydrogens (tertiary/aromatic N) is 25. The smallest absolute Gasteiger partial charge is 0.410 e. The van der Waals surface area contributed by atoms with Gasteiger partial charge in [-0.3, -0.25) is 34.3 Å². The Morgan fingerprint density at radius 2 is 0.761 bits per heavy atom. The second-order valence-corrected chi connectivity index (χ2v) is 35.3. The van der Waals surface area contributed by atoms with Crippen molar-refractivity contribution in [1.29, 1.82) is 15.8 Å². The van der Waals surface area contributed by atoms with E-state index in [9.17, 15) is 5.26 Å². The Hall–Kier alpha value is -14.1. The largest absolute Gasteiger partial charge is 0.457 e. The summed E-state index contributed by atoms with van der Waals surface area (Å²) in [6.45, 7) is 22.1. The lowest BCUT2D eigenvalue weighted by Gasteiger charge is -2.38. The molecule has 142 heavy (non-hydrogen) atoms. The number of benzene rings is 6. The number of pyridine rings is 3. The zero-order valence-corrected chi connectivity index (χ0v) is 85.2. The fourth-order valence-corrected chi connectivity index (χ4v) is 17.5. The van der Waals surface area contributed by atoms with E-state index in [2.05, 4.69) is 225 Å². The third-order valence-corrected chi connectivity index (χ3v) is 26.0. The maximum absolute atomic E-state index is 9.40. The number of aromatic nitrogens is 15. The zero-order valence-electron chi connectivity index (χ0n) is 80.9. The van der Waals surface area contributed by atoms with E-state index in [1.807, 2.05) is 148 Å².